The Bertz CT molecular complexity index is 2620. The number of fused-ring (bicyclic) bond motifs is 6. The van der Waals surface area contributed by atoms with Crippen molar-refractivity contribution in [3.63, 3.8) is 0 Å². The second-order valence-electron chi connectivity index (χ2n) is 15.5. The van der Waals surface area contributed by atoms with Gasteiger partial charge >= 0.3 is 7.12 Å². The van der Waals surface area contributed by atoms with Crippen molar-refractivity contribution in [3.05, 3.63) is 192 Å². The Balaban J connectivity index is 1.13. The van der Waals surface area contributed by atoms with Gasteiger partial charge in [0.25, 0.3) is 0 Å². The van der Waals surface area contributed by atoms with Crippen molar-refractivity contribution in [2.45, 2.75) is 44.3 Å². The van der Waals surface area contributed by atoms with Gasteiger partial charge in [-0.2, -0.15) is 0 Å². The van der Waals surface area contributed by atoms with E-state index in [0.717, 1.165) is 16.7 Å². The maximum atomic E-state index is 6.48. The van der Waals surface area contributed by atoms with E-state index in [1.54, 1.807) is 0 Å². The van der Waals surface area contributed by atoms with Crippen LogP contribution in [0.2, 0.25) is 0 Å². The van der Waals surface area contributed by atoms with Gasteiger partial charge in [0.05, 0.1) is 27.7 Å². The first-order valence-corrected chi connectivity index (χ1v) is 18.6. The second kappa shape index (κ2) is 11.7. The molecule has 0 bridgehead atoms. The fourth-order valence-corrected chi connectivity index (χ4v) is 8.92. The summed E-state index contributed by atoms with van der Waals surface area (Å²) in [5.41, 5.74) is 13.4. The van der Waals surface area contributed by atoms with E-state index >= 15 is 0 Å². The first kappa shape index (κ1) is 32.0. The molecule has 1 aromatic heterocycles. The van der Waals surface area contributed by atoms with Crippen LogP contribution < -0.4 is 5.46 Å². The fourth-order valence-electron chi connectivity index (χ4n) is 8.92. The topological polar surface area (TPSA) is 23.4 Å². The summed E-state index contributed by atoms with van der Waals surface area (Å²) < 4.78 is 15.3. The molecule has 0 N–H and O–H groups in total. The van der Waals surface area contributed by atoms with Crippen LogP contribution >= 0.6 is 0 Å². The summed E-state index contributed by atoms with van der Waals surface area (Å²) in [6, 6.07) is 62.3. The minimum absolute atomic E-state index is 0.408. The summed E-state index contributed by atoms with van der Waals surface area (Å²) >= 11 is 0. The first-order valence-electron chi connectivity index (χ1n) is 18.6. The van der Waals surface area contributed by atoms with Crippen LogP contribution in [0.25, 0.3) is 49.7 Å². The van der Waals surface area contributed by atoms with Gasteiger partial charge in [-0.25, -0.2) is 0 Å². The zero-order valence-corrected chi connectivity index (χ0v) is 30.5. The van der Waals surface area contributed by atoms with Gasteiger partial charge in [-0.05, 0) is 102 Å². The van der Waals surface area contributed by atoms with Crippen molar-refractivity contribution in [1.82, 2.24) is 4.57 Å². The highest BCUT2D eigenvalue weighted by Crippen LogP contribution is 2.58. The molecular weight excluding hydrogens is 645 g/mol. The van der Waals surface area contributed by atoms with Crippen molar-refractivity contribution in [3.8, 4) is 27.9 Å². The molecule has 1 fully saturated rings. The molecule has 0 radical (unpaired) electrons. The van der Waals surface area contributed by atoms with Crippen LogP contribution in [0.5, 0.6) is 0 Å². The van der Waals surface area contributed by atoms with Gasteiger partial charge in [-0.15, -0.1) is 0 Å². The Morgan fingerprint density at radius 1 is 0.472 bits per heavy atom. The van der Waals surface area contributed by atoms with Crippen LogP contribution in [0.1, 0.15) is 49.9 Å². The standard InChI is InChI=1S/C49H40BNO2/c1-47(2)48(3,4)53-50(52-47)36-28-31-40-39-20-12-14-25-44(39)51(45(40)32-36)37-29-26-33(27-30-37)38-22-15-24-43-46(38)41-21-11-13-23-42(41)49(43,34-16-7-5-8-17-34)35-18-9-6-10-19-35/h5-32H,1-4H3. The van der Waals surface area contributed by atoms with Crippen molar-refractivity contribution in [2.75, 3.05) is 0 Å². The van der Waals surface area contributed by atoms with Crippen molar-refractivity contribution in [2.24, 2.45) is 0 Å². The first-order chi connectivity index (χ1) is 25.8. The summed E-state index contributed by atoms with van der Waals surface area (Å²) in [6.07, 6.45) is 0. The molecule has 0 amide bonds. The third-order valence-corrected chi connectivity index (χ3v) is 12.1. The van der Waals surface area contributed by atoms with Gasteiger partial charge in [-0.1, -0.05) is 146 Å². The number of para-hydroxylation sites is 1. The number of nitrogens with zero attached hydrogens (tertiary/aromatic N) is 1. The zero-order chi connectivity index (χ0) is 36.0. The molecule has 1 aliphatic heterocycles. The van der Waals surface area contributed by atoms with E-state index < -0.39 is 23.7 Å². The molecular formula is C49H40BNO2. The van der Waals surface area contributed by atoms with Gasteiger partial charge in [0.2, 0.25) is 0 Å². The predicted octanol–water partition coefficient (Wildman–Crippen LogP) is 11.1. The Labute approximate surface area is 311 Å². The van der Waals surface area contributed by atoms with Gasteiger partial charge in [0.15, 0.2) is 0 Å². The number of hydrogen-bond donors (Lipinski definition) is 0. The molecule has 0 atom stereocenters. The maximum Gasteiger partial charge on any atom is 0.494 e. The average molecular weight is 686 g/mol. The fraction of sp³-hybridized carbons (Fsp3) is 0.143. The molecule has 53 heavy (non-hydrogen) atoms. The SMILES string of the molecule is CC1(C)OB(c2ccc3c4ccccc4n(-c4ccc(-c5cccc6c5-c5ccccc5C6(c5ccccc5)c5ccccc5)cc4)c3c2)OC1(C)C. The molecule has 2 aliphatic rings. The normalized spacial score (nSPS) is 16.6. The number of aromatic nitrogens is 1. The number of benzene rings is 7. The molecule has 0 unspecified atom stereocenters. The largest absolute Gasteiger partial charge is 0.494 e. The Kier molecular flexibility index (Phi) is 7.05. The van der Waals surface area contributed by atoms with Crippen LogP contribution in [-0.2, 0) is 14.7 Å². The molecule has 256 valence electrons. The van der Waals surface area contributed by atoms with Gasteiger partial charge in [-0.3, -0.25) is 0 Å². The highest BCUT2D eigenvalue weighted by atomic mass is 16.7. The molecule has 0 saturated carbocycles. The number of hydrogen-bond acceptors (Lipinski definition) is 2. The van der Waals surface area contributed by atoms with E-state index in [1.165, 1.54) is 60.8 Å². The predicted molar refractivity (Wildman–Crippen MR) is 219 cm³/mol. The van der Waals surface area contributed by atoms with Crippen molar-refractivity contribution >= 4 is 34.4 Å². The summed E-state index contributed by atoms with van der Waals surface area (Å²) in [7, 11) is -0.430. The van der Waals surface area contributed by atoms with Gasteiger partial charge < -0.3 is 13.9 Å². The van der Waals surface area contributed by atoms with Gasteiger partial charge in [0, 0.05) is 16.5 Å². The molecule has 8 aromatic rings. The summed E-state index contributed by atoms with van der Waals surface area (Å²) in [5, 5.41) is 2.43. The molecule has 7 aromatic carbocycles. The smallest absolute Gasteiger partial charge is 0.399 e. The highest BCUT2D eigenvalue weighted by Gasteiger charge is 2.52. The van der Waals surface area contributed by atoms with Crippen LogP contribution in [0.4, 0.5) is 0 Å². The lowest BCUT2D eigenvalue weighted by Crippen LogP contribution is -2.41. The molecule has 4 heteroatoms. The van der Waals surface area contributed by atoms with Gasteiger partial charge in [0.1, 0.15) is 0 Å². The molecule has 0 spiro atoms. The molecule has 3 nitrogen and oxygen atoms in total. The van der Waals surface area contributed by atoms with Crippen molar-refractivity contribution < 1.29 is 9.31 Å². The molecule has 10 rings (SSSR count). The van der Waals surface area contributed by atoms with Crippen LogP contribution in [0.15, 0.2) is 170 Å². The van der Waals surface area contributed by atoms with Crippen LogP contribution in [0, 0.1) is 0 Å². The lowest BCUT2D eigenvalue weighted by Gasteiger charge is -2.34. The Morgan fingerprint density at radius 3 is 1.74 bits per heavy atom. The molecule has 1 saturated heterocycles. The van der Waals surface area contributed by atoms with E-state index in [1.807, 2.05) is 0 Å². The second-order valence-corrected chi connectivity index (χ2v) is 15.5. The third kappa shape index (κ3) is 4.62. The average Bonchev–Trinajstić information content (AvgIpc) is 3.77. The zero-order valence-electron chi connectivity index (χ0n) is 30.5. The highest BCUT2D eigenvalue weighted by molar-refractivity contribution is 6.62. The number of rotatable bonds is 5. The maximum absolute atomic E-state index is 6.48. The summed E-state index contributed by atoms with van der Waals surface area (Å²) in [5.74, 6) is 0. The van der Waals surface area contributed by atoms with Crippen molar-refractivity contribution in [1.29, 1.82) is 0 Å². The van der Waals surface area contributed by atoms with E-state index in [9.17, 15) is 0 Å². The third-order valence-electron chi connectivity index (χ3n) is 12.1. The Hall–Kier alpha value is -5.68. The van der Waals surface area contributed by atoms with E-state index in [4.69, 9.17) is 9.31 Å². The van der Waals surface area contributed by atoms with E-state index in [-0.39, 0.29) is 0 Å². The lowest BCUT2D eigenvalue weighted by molar-refractivity contribution is 0.00578. The van der Waals surface area contributed by atoms with Crippen LogP contribution in [-0.4, -0.2) is 22.9 Å². The summed E-state index contributed by atoms with van der Waals surface area (Å²) in [6.45, 7) is 8.42. The quantitative estimate of drug-likeness (QED) is 0.168. The minimum Gasteiger partial charge on any atom is -0.399 e. The monoisotopic (exact) mass is 685 g/mol. The Morgan fingerprint density at radius 2 is 1.04 bits per heavy atom. The lowest BCUT2D eigenvalue weighted by atomic mass is 9.67. The van der Waals surface area contributed by atoms with E-state index in [2.05, 4.69) is 202 Å². The molecule has 2 heterocycles. The van der Waals surface area contributed by atoms with Crippen LogP contribution in [0.3, 0.4) is 0 Å². The van der Waals surface area contributed by atoms with E-state index in [0.29, 0.717) is 0 Å². The molecule has 1 aliphatic carbocycles. The summed E-state index contributed by atoms with van der Waals surface area (Å²) in [4.78, 5) is 0. The minimum atomic E-state index is -0.430.